The Balaban J connectivity index is 1.90. The minimum atomic E-state index is -0.596. The number of carbonyl (C=O) groups is 2. The van der Waals surface area contributed by atoms with Crippen LogP contribution in [-0.2, 0) is 9.53 Å². The molecule has 0 radical (unpaired) electrons. The van der Waals surface area contributed by atoms with Gasteiger partial charge in [-0.2, -0.15) is 0 Å². The summed E-state index contributed by atoms with van der Waals surface area (Å²) in [5.74, 6) is 0.235. The SMILES string of the molecule is COc1ccccc1[C@H]1NC(=O)NC(C)=C1C(=O)OC1CCCCC1. The highest BCUT2D eigenvalue weighted by atomic mass is 16.5. The maximum Gasteiger partial charge on any atom is 0.338 e. The number of nitrogens with one attached hydrogen (secondary N) is 2. The first kappa shape index (κ1) is 17.3. The maximum atomic E-state index is 12.9. The molecule has 1 aromatic carbocycles. The molecule has 6 heteroatoms. The van der Waals surface area contributed by atoms with Crippen LogP contribution in [0.4, 0.5) is 4.79 Å². The maximum absolute atomic E-state index is 12.9. The molecule has 0 saturated heterocycles. The standard InChI is InChI=1S/C19H24N2O4/c1-12-16(18(22)25-13-8-4-3-5-9-13)17(21-19(23)20-12)14-10-6-7-11-15(14)24-2/h6-7,10-11,13,17H,3-5,8-9H2,1-2H3,(H2,20,21,23)/t17-/m1/s1. The van der Waals surface area contributed by atoms with E-state index in [1.807, 2.05) is 24.3 Å². The first-order chi connectivity index (χ1) is 12.1. The van der Waals surface area contributed by atoms with Crippen LogP contribution in [0.25, 0.3) is 0 Å². The first-order valence-electron chi connectivity index (χ1n) is 8.72. The number of urea groups is 1. The minimum absolute atomic E-state index is 0.0440. The highest BCUT2D eigenvalue weighted by Crippen LogP contribution is 2.34. The zero-order valence-electron chi connectivity index (χ0n) is 14.6. The molecule has 25 heavy (non-hydrogen) atoms. The molecule has 2 aliphatic rings. The molecule has 1 aromatic rings. The van der Waals surface area contributed by atoms with Crippen LogP contribution in [0.15, 0.2) is 35.5 Å². The number of rotatable bonds is 4. The van der Waals surface area contributed by atoms with Crippen molar-refractivity contribution in [2.75, 3.05) is 7.11 Å². The fraction of sp³-hybridized carbons (Fsp3) is 0.474. The molecule has 1 atom stereocenters. The smallest absolute Gasteiger partial charge is 0.338 e. The van der Waals surface area contributed by atoms with Gasteiger partial charge in [-0.3, -0.25) is 0 Å². The third-order valence-corrected chi connectivity index (χ3v) is 4.76. The van der Waals surface area contributed by atoms with Gasteiger partial charge in [0.1, 0.15) is 11.9 Å². The molecule has 3 rings (SSSR count). The molecule has 2 N–H and O–H groups in total. The Morgan fingerprint density at radius 3 is 2.60 bits per heavy atom. The van der Waals surface area contributed by atoms with Crippen molar-refractivity contribution in [3.63, 3.8) is 0 Å². The lowest BCUT2D eigenvalue weighted by Gasteiger charge is -2.30. The lowest BCUT2D eigenvalue weighted by atomic mass is 9.94. The van der Waals surface area contributed by atoms with Gasteiger partial charge in [0.25, 0.3) is 0 Å². The summed E-state index contributed by atoms with van der Waals surface area (Å²) in [5, 5.41) is 5.49. The van der Waals surface area contributed by atoms with Gasteiger partial charge >= 0.3 is 12.0 Å². The van der Waals surface area contributed by atoms with Gasteiger partial charge in [0.15, 0.2) is 0 Å². The average Bonchev–Trinajstić information content (AvgIpc) is 2.61. The zero-order valence-corrected chi connectivity index (χ0v) is 14.6. The second-order valence-corrected chi connectivity index (χ2v) is 6.48. The largest absolute Gasteiger partial charge is 0.496 e. The summed E-state index contributed by atoms with van der Waals surface area (Å²) in [7, 11) is 1.57. The number of hydrogen-bond donors (Lipinski definition) is 2. The molecule has 6 nitrogen and oxygen atoms in total. The predicted molar refractivity (Wildman–Crippen MR) is 93.1 cm³/mol. The molecule has 2 amide bonds. The lowest BCUT2D eigenvalue weighted by molar-refractivity contribution is -0.146. The van der Waals surface area contributed by atoms with E-state index in [0.717, 1.165) is 31.2 Å². The fourth-order valence-corrected chi connectivity index (χ4v) is 3.50. The fourth-order valence-electron chi connectivity index (χ4n) is 3.50. The van der Waals surface area contributed by atoms with E-state index in [1.54, 1.807) is 14.0 Å². The van der Waals surface area contributed by atoms with Crippen molar-refractivity contribution in [2.45, 2.75) is 51.2 Å². The summed E-state index contributed by atoms with van der Waals surface area (Å²) in [6.45, 7) is 1.72. The van der Waals surface area contributed by atoms with Gasteiger partial charge in [-0.15, -0.1) is 0 Å². The molecule has 1 fully saturated rings. The number of amides is 2. The number of carbonyl (C=O) groups excluding carboxylic acids is 2. The van der Waals surface area contributed by atoms with Crippen LogP contribution in [0.3, 0.4) is 0 Å². The van der Waals surface area contributed by atoms with E-state index in [9.17, 15) is 9.59 Å². The van der Waals surface area contributed by atoms with Crippen molar-refractivity contribution < 1.29 is 19.1 Å². The highest BCUT2D eigenvalue weighted by molar-refractivity contribution is 5.95. The summed E-state index contributed by atoms with van der Waals surface area (Å²) in [4.78, 5) is 24.8. The minimum Gasteiger partial charge on any atom is -0.496 e. The molecule has 1 heterocycles. The summed E-state index contributed by atoms with van der Waals surface area (Å²) in [5.41, 5.74) is 1.67. The van der Waals surface area contributed by atoms with Crippen LogP contribution < -0.4 is 15.4 Å². The zero-order chi connectivity index (χ0) is 17.8. The van der Waals surface area contributed by atoms with Gasteiger partial charge in [0, 0.05) is 11.3 Å². The Hall–Kier alpha value is -2.50. The highest BCUT2D eigenvalue weighted by Gasteiger charge is 2.34. The van der Waals surface area contributed by atoms with E-state index in [4.69, 9.17) is 9.47 Å². The van der Waals surface area contributed by atoms with E-state index in [0.29, 0.717) is 17.0 Å². The third kappa shape index (κ3) is 3.78. The number of ether oxygens (including phenoxy) is 2. The number of allylic oxidation sites excluding steroid dienone is 1. The van der Waals surface area contributed by atoms with Gasteiger partial charge in [-0.05, 0) is 38.7 Å². The molecular formula is C19H24N2O4. The van der Waals surface area contributed by atoms with E-state index in [2.05, 4.69) is 10.6 Å². The summed E-state index contributed by atoms with van der Waals surface area (Å²) < 4.78 is 11.1. The van der Waals surface area contributed by atoms with Gasteiger partial charge in [0.05, 0.1) is 18.7 Å². The summed E-state index contributed by atoms with van der Waals surface area (Å²) >= 11 is 0. The van der Waals surface area contributed by atoms with Crippen molar-refractivity contribution in [2.24, 2.45) is 0 Å². The predicted octanol–water partition coefficient (Wildman–Crippen LogP) is 3.20. The molecule has 134 valence electrons. The topological polar surface area (TPSA) is 76.7 Å². The molecule has 0 unspecified atom stereocenters. The van der Waals surface area contributed by atoms with Crippen molar-refractivity contribution >= 4 is 12.0 Å². The molecule has 0 bridgehead atoms. The van der Waals surface area contributed by atoms with Gasteiger partial charge in [-0.25, -0.2) is 9.59 Å². The van der Waals surface area contributed by atoms with Crippen LogP contribution in [0.5, 0.6) is 5.75 Å². The van der Waals surface area contributed by atoms with Crippen LogP contribution in [0, 0.1) is 0 Å². The number of para-hydroxylation sites is 1. The summed E-state index contributed by atoms with van der Waals surface area (Å²) in [6, 6.07) is 6.41. The Morgan fingerprint density at radius 2 is 1.88 bits per heavy atom. The number of hydrogen-bond acceptors (Lipinski definition) is 4. The monoisotopic (exact) mass is 344 g/mol. The van der Waals surface area contributed by atoms with Crippen LogP contribution in [-0.4, -0.2) is 25.2 Å². The molecule has 0 spiro atoms. The molecule has 0 aromatic heterocycles. The van der Waals surface area contributed by atoms with E-state index in [-0.39, 0.29) is 18.1 Å². The van der Waals surface area contributed by atoms with E-state index < -0.39 is 6.04 Å². The van der Waals surface area contributed by atoms with Crippen molar-refractivity contribution in [3.05, 3.63) is 41.1 Å². The molecule has 1 aliphatic carbocycles. The van der Waals surface area contributed by atoms with Crippen molar-refractivity contribution in [3.8, 4) is 5.75 Å². The first-order valence-corrected chi connectivity index (χ1v) is 8.72. The van der Waals surface area contributed by atoms with Crippen LogP contribution in [0.1, 0.15) is 50.6 Å². The molecule has 1 saturated carbocycles. The summed E-state index contributed by atoms with van der Waals surface area (Å²) in [6.07, 6.45) is 5.12. The van der Waals surface area contributed by atoms with E-state index >= 15 is 0 Å². The van der Waals surface area contributed by atoms with Crippen molar-refractivity contribution in [1.82, 2.24) is 10.6 Å². The van der Waals surface area contributed by atoms with Crippen LogP contribution in [0.2, 0.25) is 0 Å². The quantitative estimate of drug-likeness (QED) is 0.823. The third-order valence-electron chi connectivity index (χ3n) is 4.76. The van der Waals surface area contributed by atoms with Crippen LogP contribution >= 0.6 is 0 Å². The number of esters is 1. The number of methoxy groups -OCH3 is 1. The second-order valence-electron chi connectivity index (χ2n) is 6.48. The number of benzene rings is 1. The second kappa shape index (κ2) is 7.59. The average molecular weight is 344 g/mol. The van der Waals surface area contributed by atoms with Gasteiger partial charge in [0.2, 0.25) is 0 Å². The Morgan fingerprint density at radius 1 is 1.16 bits per heavy atom. The molecule has 1 aliphatic heterocycles. The lowest BCUT2D eigenvalue weighted by Crippen LogP contribution is -2.45. The van der Waals surface area contributed by atoms with Crippen molar-refractivity contribution in [1.29, 1.82) is 0 Å². The Kier molecular flexibility index (Phi) is 5.26. The van der Waals surface area contributed by atoms with Gasteiger partial charge < -0.3 is 20.1 Å². The Labute approximate surface area is 147 Å². The Bertz CT molecular complexity index is 692. The van der Waals surface area contributed by atoms with E-state index in [1.165, 1.54) is 6.42 Å². The normalized spacial score (nSPS) is 21.4. The molecular weight excluding hydrogens is 320 g/mol. The van der Waals surface area contributed by atoms with Gasteiger partial charge in [-0.1, -0.05) is 24.6 Å².